The van der Waals surface area contributed by atoms with Crippen LogP contribution < -0.4 is 11.5 Å². The number of rotatable bonds is 13. The van der Waals surface area contributed by atoms with Crippen LogP contribution in [0, 0.1) is 0 Å². The Kier molecular flexibility index (Phi) is 8.86. The van der Waals surface area contributed by atoms with Crippen LogP contribution in [0.2, 0.25) is 0 Å². The van der Waals surface area contributed by atoms with Gasteiger partial charge in [0, 0.05) is 12.4 Å². The molecule has 0 aliphatic carbocycles. The lowest BCUT2D eigenvalue weighted by atomic mass is 9.98. The number of unbranched alkanes of at least 4 members (excludes halogenated alkanes) is 9. The summed E-state index contributed by atoms with van der Waals surface area (Å²) in [4.78, 5) is 19.9. The van der Waals surface area contributed by atoms with E-state index in [1.54, 1.807) is 6.20 Å². The Hall–Kier alpha value is -2.18. The Balaban J connectivity index is 1.75. The SMILES string of the molecule is CCCCCCCCCCCCC(c1nc(N)nc(N)n1)c1ncc[nH]1. The van der Waals surface area contributed by atoms with Gasteiger partial charge >= 0.3 is 0 Å². The summed E-state index contributed by atoms with van der Waals surface area (Å²) in [5, 5.41) is 0. The van der Waals surface area contributed by atoms with Gasteiger partial charge in [0.25, 0.3) is 0 Å². The Morgan fingerprint density at radius 2 is 1.42 bits per heavy atom. The fourth-order valence-corrected chi connectivity index (χ4v) is 3.27. The number of hydrogen-bond donors (Lipinski definition) is 3. The number of hydrogen-bond acceptors (Lipinski definition) is 6. The van der Waals surface area contributed by atoms with E-state index in [4.69, 9.17) is 11.5 Å². The Labute approximate surface area is 156 Å². The summed E-state index contributed by atoms with van der Waals surface area (Å²) in [6.07, 6.45) is 17.6. The molecule has 26 heavy (non-hydrogen) atoms. The predicted octanol–water partition coefficient (Wildman–Crippen LogP) is 4.20. The van der Waals surface area contributed by atoms with Gasteiger partial charge < -0.3 is 16.5 Å². The summed E-state index contributed by atoms with van der Waals surface area (Å²) in [6, 6.07) is 0. The zero-order valence-corrected chi connectivity index (χ0v) is 16.0. The molecule has 7 nitrogen and oxygen atoms in total. The molecule has 2 aromatic heterocycles. The third-order valence-electron chi connectivity index (χ3n) is 4.69. The van der Waals surface area contributed by atoms with E-state index in [9.17, 15) is 0 Å². The summed E-state index contributed by atoms with van der Waals surface area (Å²) < 4.78 is 0. The van der Waals surface area contributed by atoms with Crippen LogP contribution in [0.4, 0.5) is 11.9 Å². The van der Waals surface area contributed by atoms with Crippen LogP contribution in [-0.4, -0.2) is 24.9 Å². The molecular weight excluding hydrogens is 326 g/mol. The normalized spacial score (nSPS) is 12.3. The first-order valence-corrected chi connectivity index (χ1v) is 9.97. The van der Waals surface area contributed by atoms with Crippen molar-refractivity contribution in [3.63, 3.8) is 0 Å². The van der Waals surface area contributed by atoms with Crippen LogP contribution in [-0.2, 0) is 0 Å². The molecule has 0 spiro atoms. The maximum absolute atomic E-state index is 5.73. The van der Waals surface area contributed by atoms with Gasteiger partial charge in [-0.2, -0.15) is 15.0 Å². The topological polar surface area (TPSA) is 119 Å². The smallest absolute Gasteiger partial charge is 0.225 e. The van der Waals surface area contributed by atoms with Crippen molar-refractivity contribution in [2.24, 2.45) is 0 Å². The average molecular weight is 360 g/mol. The largest absolute Gasteiger partial charge is 0.368 e. The first-order valence-electron chi connectivity index (χ1n) is 9.97. The molecule has 0 aliphatic heterocycles. The quantitative estimate of drug-likeness (QED) is 0.461. The van der Waals surface area contributed by atoms with Crippen molar-refractivity contribution in [2.75, 3.05) is 11.5 Å². The van der Waals surface area contributed by atoms with Crippen molar-refractivity contribution in [3.8, 4) is 0 Å². The fourth-order valence-electron chi connectivity index (χ4n) is 3.27. The Morgan fingerprint density at radius 3 is 1.96 bits per heavy atom. The summed E-state index contributed by atoms with van der Waals surface area (Å²) in [7, 11) is 0. The Bertz CT molecular complexity index is 592. The minimum atomic E-state index is -0.0216. The van der Waals surface area contributed by atoms with Crippen LogP contribution in [0.1, 0.15) is 95.1 Å². The number of aromatic nitrogens is 5. The summed E-state index contributed by atoms with van der Waals surface area (Å²) in [5.41, 5.74) is 11.5. The Morgan fingerprint density at radius 1 is 0.846 bits per heavy atom. The fraction of sp³-hybridized carbons (Fsp3) is 0.684. The van der Waals surface area contributed by atoms with E-state index in [2.05, 4.69) is 31.8 Å². The number of aromatic amines is 1. The minimum absolute atomic E-state index is 0.0216. The van der Waals surface area contributed by atoms with E-state index >= 15 is 0 Å². The average Bonchev–Trinajstić information content (AvgIpc) is 3.13. The third-order valence-corrected chi connectivity index (χ3v) is 4.69. The molecule has 0 amide bonds. The van der Waals surface area contributed by atoms with Crippen molar-refractivity contribution in [1.29, 1.82) is 0 Å². The molecule has 0 aromatic carbocycles. The van der Waals surface area contributed by atoms with Crippen molar-refractivity contribution >= 4 is 11.9 Å². The molecule has 5 N–H and O–H groups in total. The van der Waals surface area contributed by atoms with E-state index < -0.39 is 0 Å². The molecule has 2 rings (SSSR count). The molecule has 2 heterocycles. The standard InChI is InChI=1S/C19H33N7/c1-2-3-4-5-6-7-8-9-10-11-12-15(16-22-13-14-23-16)17-24-18(20)26-19(21)25-17/h13-15H,2-12H2,1H3,(H,22,23)(H4,20,21,24,25,26). The number of nitrogens with two attached hydrogens (primary N) is 2. The molecule has 0 saturated heterocycles. The second-order valence-corrected chi connectivity index (χ2v) is 6.91. The number of imidazole rings is 1. The van der Waals surface area contributed by atoms with Gasteiger partial charge in [0.15, 0.2) is 0 Å². The minimum Gasteiger partial charge on any atom is -0.368 e. The van der Waals surface area contributed by atoms with Gasteiger partial charge in [-0.25, -0.2) is 4.98 Å². The highest BCUT2D eigenvalue weighted by atomic mass is 15.1. The second kappa shape index (κ2) is 11.4. The molecule has 7 heteroatoms. The van der Waals surface area contributed by atoms with E-state index in [0.29, 0.717) is 5.82 Å². The second-order valence-electron chi connectivity index (χ2n) is 6.91. The number of nitrogens with one attached hydrogen (secondary N) is 1. The summed E-state index contributed by atoms with van der Waals surface area (Å²) in [6.45, 7) is 2.26. The number of nitrogens with zero attached hydrogens (tertiary/aromatic N) is 4. The monoisotopic (exact) mass is 359 g/mol. The highest BCUT2D eigenvalue weighted by Crippen LogP contribution is 2.26. The van der Waals surface area contributed by atoms with Crippen LogP contribution in [0.25, 0.3) is 0 Å². The first kappa shape index (κ1) is 20.1. The maximum atomic E-state index is 5.73. The van der Waals surface area contributed by atoms with Crippen molar-refractivity contribution < 1.29 is 0 Å². The maximum Gasteiger partial charge on any atom is 0.225 e. The molecule has 1 atom stereocenters. The van der Waals surface area contributed by atoms with Gasteiger partial charge in [0.1, 0.15) is 11.6 Å². The van der Waals surface area contributed by atoms with Gasteiger partial charge in [-0.05, 0) is 6.42 Å². The highest BCUT2D eigenvalue weighted by Gasteiger charge is 2.20. The highest BCUT2D eigenvalue weighted by molar-refractivity contribution is 5.28. The van der Waals surface area contributed by atoms with Gasteiger partial charge in [-0.1, -0.05) is 71.1 Å². The van der Waals surface area contributed by atoms with Crippen LogP contribution in [0.5, 0.6) is 0 Å². The number of H-pyrrole nitrogens is 1. The van der Waals surface area contributed by atoms with Crippen LogP contribution >= 0.6 is 0 Å². The van der Waals surface area contributed by atoms with Gasteiger partial charge in [0.2, 0.25) is 11.9 Å². The van der Waals surface area contributed by atoms with E-state index in [-0.39, 0.29) is 17.8 Å². The number of nitrogen functional groups attached to an aromatic ring is 2. The van der Waals surface area contributed by atoms with Crippen molar-refractivity contribution in [3.05, 3.63) is 24.0 Å². The molecule has 0 saturated carbocycles. The molecule has 0 radical (unpaired) electrons. The number of anilines is 2. The van der Waals surface area contributed by atoms with Gasteiger partial charge in [0.05, 0.1) is 5.92 Å². The third kappa shape index (κ3) is 6.98. The van der Waals surface area contributed by atoms with E-state index in [0.717, 1.165) is 18.7 Å². The lowest BCUT2D eigenvalue weighted by Gasteiger charge is -2.14. The van der Waals surface area contributed by atoms with Crippen molar-refractivity contribution in [2.45, 2.75) is 83.5 Å². The van der Waals surface area contributed by atoms with Crippen LogP contribution in [0.15, 0.2) is 12.4 Å². The lowest BCUT2D eigenvalue weighted by Crippen LogP contribution is -2.13. The molecular formula is C19H33N7. The molecule has 0 bridgehead atoms. The zero-order valence-electron chi connectivity index (χ0n) is 16.0. The first-order chi connectivity index (χ1) is 12.7. The van der Waals surface area contributed by atoms with E-state index in [1.165, 1.54) is 57.8 Å². The van der Waals surface area contributed by atoms with Gasteiger partial charge in [-0.15, -0.1) is 0 Å². The van der Waals surface area contributed by atoms with Gasteiger partial charge in [-0.3, -0.25) is 0 Å². The molecule has 2 aromatic rings. The molecule has 0 fully saturated rings. The van der Waals surface area contributed by atoms with Crippen LogP contribution in [0.3, 0.4) is 0 Å². The molecule has 1 unspecified atom stereocenters. The predicted molar refractivity (Wildman–Crippen MR) is 106 cm³/mol. The summed E-state index contributed by atoms with van der Waals surface area (Å²) >= 11 is 0. The molecule has 144 valence electrons. The van der Waals surface area contributed by atoms with E-state index in [1.807, 2.05) is 6.20 Å². The molecule has 0 aliphatic rings. The zero-order chi connectivity index (χ0) is 18.6. The summed E-state index contributed by atoms with van der Waals surface area (Å²) in [5.74, 6) is 1.75. The lowest BCUT2D eigenvalue weighted by molar-refractivity contribution is 0.530. The van der Waals surface area contributed by atoms with Crippen molar-refractivity contribution in [1.82, 2.24) is 24.9 Å².